The number of rotatable bonds is 6. The standard InChI is InChI=1S/C14H17ClN4O/c15-12-3-5-13(6-4-12)19-10-11(9-18-19)14(20)17-8-2-1-7-16/h3-6,9-10H,1-2,7-8,16H2,(H,17,20). The van der Waals surface area contributed by atoms with Crippen molar-refractivity contribution in [3.63, 3.8) is 0 Å². The van der Waals surface area contributed by atoms with Crippen LogP contribution in [0.15, 0.2) is 36.7 Å². The van der Waals surface area contributed by atoms with Gasteiger partial charge in [-0.1, -0.05) is 11.6 Å². The summed E-state index contributed by atoms with van der Waals surface area (Å²) in [5, 5.41) is 7.68. The number of unbranched alkanes of at least 4 members (excludes halogenated alkanes) is 1. The Balaban J connectivity index is 1.98. The van der Waals surface area contributed by atoms with Crippen molar-refractivity contribution in [1.29, 1.82) is 0 Å². The normalized spacial score (nSPS) is 10.5. The molecule has 0 spiro atoms. The third-order valence-electron chi connectivity index (χ3n) is 2.85. The second kappa shape index (κ2) is 7.07. The van der Waals surface area contributed by atoms with Gasteiger partial charge in [0.1, 0.15) is 0 Å². The lowest BCUT2D eigenvalue weighted by molar-refractivity contribution is 0.0953. The largest absolute Gasteiger partial charge is 0.352 e. The minimum absolute atomic E-state index is 0.123. The topological polar surface area (TPSA) is 72.9 Å². The smallest absolute Gasteiger partial charge is 0.254 e. The van der Waals surface area contributed by atoms with Crippen molar-refractivity contribution in [2.75, 3.05) is 13.1 Å². The summed E-state index contributed by atoms with van der Waals surface area (Å²) in [7, 11) is 0. The molecular weight excluding hydrogens is 276 g/mol. The number of nitrogens with one attached hydrogen (secondary N) is 1. The van der Waals surface area contributed by atoms with Crippen LogP contribution in [0.5, 0.6) is 0 Å². The molecule has 5 nitrogen and oxygen atoms in total. The Kier molecular flexibility index (Phi) is 5.15. The van der Waals surface area contributed by atoms with Gasteiger partial charge in [-0.25, -0.2) is 4.68 Å². The molecule has 0 bridgehead atoms. The second-order valence-corrected chi connectivity index (χ2v) is 4.84. The van der Waals surface area contributed by atoms with E-state index in [1.165, 1.54) is 0 Å². The maximum atomic E-state index is 11.9. The molecule has 106 valence electrons. The number of carbonyl (C=O) groups is 1. The molecule has 1 aromatic carbocycles. The van der Waals surface area contributed by atoms with E-state index in [4.69, 9.17) is 17.3 Å². The Morgan fingerprint density at radius 2 is 2.05 bits per heavy atom. The molecule has 6 heteroatoms. The van der Waals surface area contributed by atoms with E-state index < -0.39 is 0 Å². The average molecular weight is 293 g/mol. The lowest BCUT2D eigenvalue weighted by atomic mass is 10.3. The van der Waals surface area contributed by atoms with Crippen LogP contribution in [-0.2, 0) is 0 Å². The molecule has 20 heavy (non-hydrogen) atoms. The van der Waals surface area contributed by atoms with Gasteiger partial charge >= 0.3 is 0 Å². The van der Waals surface area contributed by atoms with Crippen LogP contribution < -0.4 is 11.1 Å². The van der Waals surface area contributed by atoms with Gasteiger partial charge in [-0.05, 0) is 43.7 Å². The molecule has 0 aliphatic rings. The Bertz CT molecular complexity index is 565. The van der Waals surface area contributed by atoms with Crippen LogP contribution in [0, 0.1) is 0 Å². The van der Waals surface area contributed by atoms with Crippen molar-refractivity contribution in [1.82, 2.24) is 15.1 Å². The first-order valence-corrected chi connectivity index (χ1v) is 6.87. The highest BCUT2D eigenvalue weighted by molar-refractivity contribution is 6.30. The van der Waals surface area contributed by atoms with Gasteiger partial charge in [0.05, 0.1) is 17.4 Å². The van der Waals surface area contributed by atoms with Crippen LogP contribution >= 0.6 is 11.6 Å². The number of halogens is 1. The average Bonchev–Trinajstić information content (AvgIpc) is 2.94. The third kappa shape index (κ3) is 3.82. The van der Waals surface area contributed by atoms with Crippen LogP contribution in [0.3, 0.4) is 0 Å². The maximum absolute atomic E-state index is 11.9. The molecular formula is C14H17ClN4O. The van der Waals surface area contributed by atoms with Crippen LogP contribution in [0.25, 0.3) is 5.69 Å². The van der Waals surface area contributed by atoms with Crippen molar-refractivity contribution < 1.29 is 4.79 Å². The van der Waals surface area contributed by atoms with E-state index in [0.29, 0.717) is 23.7 Å². The molecule has 0 fully saturated rings. The van der Waals surface area contributed by atoms with Gasteiger partial charge in [0.25, 0.3) is 5.91 Å². The van der Waals surface area contributed by atoms with Crippen LogP contribution in [0.1, 0.15) is 23.2 Å². The van der Waals surface area contributed by atoms with Crippen molar-refractivity contribution in [3.8, 4) is 5.69 Å². The highest BCUT2D eigenvalue weighted by atomic mass is 35.5. The van der Waals surface area contributed by atoms with Crippen molar-refractivity contribution in [2.24, 2.45) is 5.73 Å². The maximum Gasteiger partial charge on any atom is 0.254 e. The molecule has 2 rings (SSSR count). The number of hydrogen-bond acceptors (Lipinski definition) is 3. The molecule has 0 aliphatic carbocycles. The second-order valence-electron chi connectivity index (χ2n) is 4.40. The first kappa shape index (κ1) is 14.6. The summed E-state index contributed by atoms with van der Waals surface area (Å²) < 4.78 is 1.64. The molecule has 0 aliphatic heterocycles. The van der Waals surface area contributed by atoms with E-state index in [1.807, 2.05) is 12.1 Å². The van der Waals surface area contributed by atoms with Crippen LogP contribution in [-0.4, -0.2) is 28.8 Å². The zero-order valence-electron chi connectivity index (χ0n) is 11.1. The van der Waals surface area contributed by atoms with Gasteiger partial charge < -0.3 is 11.1 Å². The minimum Gasteiger partial charge on any atom is -0.352 e. The van der Waals surface area contributed by atoms with Crippen LogP contribution in [0.2, 0.25) is 5.02 Å². The molecule has 1 aromatic heterocycles. The number of hydrogen-bond donors (Lipinski definition) is 2. The molecule has 2 aromatic rings. The molecule has 1 amide bonds. The number of nitrogens with zero attached hydrogens (tertiary/aromatic N) is 2. The Hall–Kier alpha value is -1.85. The Labute approximate surface area is 122 Å². The molecule has 0 atom stereocenters. The van der Waals surface area contributed by atoms with Crippen molar-refractivity contribution in [3.05, 3.63) is 47.2 Å². The van der Waals surface area contributed by atoms with E-state index in [0.717, 1.165) is 18.5 Å². The zero-order valence-corrected chi connectivity index (χ0v) is 11.8. The fourth-order valence-electron chi connectivity index (χ4n) is 1.75. The summed E-state index contributed by atoms with van der Waals surface area (Å²) in [6.07, 6.45) is 5.03. The number of carbonyl (C=O) groups excluding carboxylic acids is 1. The van der Waals surface area contributed by atoms with Gasteiger partial charge in [-0.2, -0.15) is 5.10 Å². The number of nitrogens with two attached hydrogens (primary N) is 1. The SMILES string of the molecule is NCCCCNC(=O)c1cnn(-c2ccc(Cl)cc2)c1. The van der Waals surface area contributed by atoms with E-state index in [9.17, 15) is 4.79 Å². The van der Waals surface area contributed by atoms with E-state index >= 15 is 0 Å². The Morgan fingerprint density at radius 3 is 2.75 bits per heavy atom. The monoisotopic (exact) mass is 292 g/mol. The lowest BCUT2D eigenvalue weighted by Crippen LogP contribution is -2.24. The van der Waals surface area contributed by atoms with E-state index in [2.05, 4.69) is 10.4 Å². The fourth-order valence-corrected chi connectivity index (χ4v) is 1.87. The molecule has 0 radical (unpaired) electrons. The van der Waals surface area contributed by atoms with Crippen molar-refractivity contribution >= 4 is 17.5 Å². The highest BCUT2D eigenvalue weighted by Gasteiger charge is 2.08. The summed E-state index contributed by atoms with van der Waals surface area (Å²) in [5.74, 6) is -0.123. The third-order valence-corrected chi connectivity index (χ3v) is 3.10. The number of aromatic nitrogens is 2. The first-order chi connectivity index (χ1) is 9.70. The van der Waals surface area contributed by atoms with E-state index in [-0.39, 0.29) is 5.91 Å². The predicted octanol–water partition coefficient (Wildman–Crippen LogP) is 1.99. The summed E-state index contributed by atoms with van der Waals surface area (Å²) >= 11 is 5.83. The molecule has 0 saturated carbocycles. The number of benzene rings is 1. The first-order valence-electron chi connectivity index (χ1n) is 6.49. The van der Waals surface area contributed by atoms with E-state index in [1.54, 1.807) is 29.2 Å². The highest BCUT2D eigenvalue weighted by Crippen LogP contribution is 2.13. The summed E-state index contributed by atoms with van der Waals surface area (Å²) in [5.41, 5.74) is 6.79. The minimum atomic E-state index is -0.123. The van der Waals surface area contributed by atoms with Crippen molar-refractivity contribution in [2.45, 2.75) is 12.8 Å². The van der Waals surface area contributed by atoms with Gasteiger partial charge in [-0.3, -0.25) is 4.79 Å². The van der Waals surface area contributed by atoms with Gasteiger partial charge in [-0.15, -0.1) is 0 Å². The quantitative estimate of drug-likeness (QED) is 0.800. The molecule has 1 heterocycles. The predicted molar refractivity (Wildman–Crippen MR) is 79.2 cm³/mol. The Morgan fingerprint density at radius 1 is 1.30 bits per heavy atom. The van der Waals surface area contributed by atoms with Gasteiger partial charge in [0, 0.05) is 17.8 Å². The van der Waals surface area contributed by atoms with Gasteiger partial charge in [0.15, 0.2) is 0 Å². The van der Waals surface area contributed by atoms with Crippen LogP contribution in [0.4, 0.5) is 0 Å². The zero-order chi connectivity index (χ0) is 14.4. The van der Waals surface area contributed by atoms with Gasteiger partial charge in [0.2, 0.25) is 0 Å². The summed E-state index contributed by atoms with van der Waals surface area (Å²) in [4.78, 5) is 11.9. The molecule has 3 N–H and O–H groups in total. The lowest BCUT2D eigenvalue weighted by Gasteiger charge is -2.02. The number of amides is 1. The summed E-state index contributed by atoms with van der Waals surface area (Å²) in [6.45, 7) is 1.27. The molecule has 0 saturated heterocycles. The summed E-state index contributed by atoms with van der Waals surface area (Å²) in [6, 6.07) is 7.26. The fraction of sp³-hybridized carbons (Fsp3) is 0.286. The molecule has 0 unspecified atom stereocenters.